The van der Waals surface area contributed by atoms with Gasteiger partial charge in [-0.05, 0) is 25.2 Å². The predicted octanol–water partition coefficient (Wildman–Crippen LogP) is 3.22. The number of hydrogen-bond acceptors (Lipinski definition) is 2. The summed E-state index contributed by atoms with van der Waals surface area (Å²) in [5.74, 6) is 0.571. The molecule has 0 rings (SSSR count). The SMILES string of the molecule is CCCC(CC)C(CCC)(CCC)C(=O)O[SiH3]. The van der Waals surface area contributed by atoms with Crippen molar-refractivity contribution in [2.24, 2.45) is 11.3 Å². The van der Waals surface area contributed by atoms with Gasteiger partial charge in [0.2, 0.25) is 10.5 Å². The molecule has 1 unspecified atom stereocenters. The summed E-state index contributed by atoms with van der Waals surface area (Å²) in [6, 6.07) is 0. The molecule has 2 nitrogen and oxygen atoms in total. The van der Waals surface area contributed by atoms with Crippen LogP contribution in [0.5, 0.6) is 0 Å². The summed E-state index contributed by atoms with van der Waals surface area (Å²) < 4.78 is 5.25. The Morgan fingerprint density at radius 3 is 1.94 bits per heavy atom. The highest BCUT2D eigenvalue weighted by Gasteiger charge is 2.43. The topological polar surface area (TPSA) is 26.3 Å². The Kier molecular flexibility index (Phi) is 8.57. The second kappa shape index (κ2) is 8.73. The zero-order chi connectivity index (χ0) is 13.3. The Morgan fingerprint density at radius 1 is 1.12 bits per heavy atom. The zero-order valence-electron chi connectivity index (χ0n) is 12.3. The molecule has 1 atom stereocenters. The number of carbonyl (C=O) groups is 1. The van der Waals surface area contributed by atoms with Crippen molar-refractivity contribution in [1.29, 1.82) is 0 Å². The van der Waals surface area contributed by atoms with Gasteiger partial charge in [-0.2, -0.15) is 0 Å². The van der Waals surface area contributed by atoms with Crippen LogP contribution in [0.1, 0.15) is 72.6 Å². The molecule has 0 amide bonds. The van der Waals surface area contributed by atoms with Crippen molar-refractivity contribution in [2.45, 2.75) is 72.6 Å². The first-order valence-electron chi connectivity index (χ1n) is 7.21. The number of carbonyl (C=O) groups excluding carboxylic acids is 1. The van der Waals surface area contributed by atoms with Crippen molar-refractivity contribution in [3.8, 4) is 0 Å². The second-order valence-electron chi connectivity index (χ2n) is 5.04. The lowest BCUT2D eigenvalue weighted by Gasteiger charge is -2.38. The van der Waals surface area contributed by atoms with Gasteiger partial charge in [0.1, 0.15) is 0 Å². The van der Waals surface area contributed by atoms with E-state index in [0.29, 0.717) is 16.4 Å². The van der Waals surface area contributed by atoms with E-state index in [1.165, 1.54) is 0 Å². The summed E-state index contributed by atoms with van der Waals surface area (Å²) >= 11 is 0. The maximum atomic E-state index is 12.3. The highest BCUT2D eigenvalue weighted by Crippen LogP contribution is 2.43. The minimum Gasteiger partial charge on any atom is -0.528 e. The lowest BCUT2D eigenvalue weighted by Crippen LogP contribution is -2.39. The largest absolute Gasteiger partial charge is 0.528 e. The van der Waals surface area contributed by atoms with Gasteiger partial charge in [-0.3, -0.25) is 4.79 Å². The molecule has 0 saturated heterocycles. The molecule has 0 bridgehead atoms. The molecule has 0 aliphatic carbocycles. The van der Waals surface area contributed by atoms with Crippen LogP contribution in [0.2, 0.25) is 0 Å². The van der Waals surface area contributed by atoms with Crippen molar-refractivity contribution in [2.75, 3.05) is 0 Å². The predicted molar refractivity (Wildman–Crippen MR) is 77.0 cm³/mol. The third kappa shape index (κ3) is 4.13. The molecule has 3 heteroatoms. The summed E-state index contributed by atoms with van der Waals surface area (Å²) in [4.78, 5) is 12.3. The van der Waals surface area contributed by atoms with Gasteiger partial charge in [-0.15, -0.1) is 0 Å². The quantitative estimate of drug-likeness (QED) is 0.594. The third-order valence-corrected chi connectivity index (χ3v) is 4.27. The van der Waals surface area contributed by atoms with E-state index in [4.69, 9.17) is 4.43 Å². The molecule has 0 spiro atoms. The molecule has 0 fully saturated rings. The van der Waals surface area contributed by atoms with Gasteiger partial charge in [-0.25, -0.2) is 0 Å². The van der Waals surface area contributed by atoms with Gasteiger partial charge in [-0.1, -0.05) is 53.4 Å². The molecule has 0 aromatic heterocycles. The van der Waals surface area contributed by atoms with Crippen LogP contribution in [0.3, 0.4) is 0 Å². The van der Waals surface area contributed by atoms with Crippen LogP contribution in [0.15, 0.2) is 0 Å². The normalized spacial score (nSPS) is 13.6. The molecule has 0 radical (unpaired) electrons. The minimum absolute atomic E-state index is 0.0770. The van der Waals surface area contributed by atoms with Gasteiger partial charge >= 0.3 is 0 Å². The molecule has 17 heavy (non-hydrogen) atoms. The Labute approximate surface area is 110 Å². The smallest absolute Gasteiger partial charge is 0.298 e. The first-order chi connectivity index (χ1) is 8.12. The van der Waals surface area contributed by atoms with Crippen LogP contribution in [-0.2, 0) is 9.22 Å². The van der Waals surface area contributed by atoms with Crippen LogP contribution in [0, 0.1) is 11.3 Å². The Balaban J connectivity index is 5.16. The Hall–Kier alpha value is -0.313. The highest BCUT2D eigenvalue weighted by molar-refractivity contribution is 6.06. The zero-order valence-corrected chi connectivity index (χ0v) is 14.3. The molecular formula is C14H30O2Si. The Bertz CT molecular complexity index is 210. The summed E-state index contributed by atoms with van der Waals surface area (Å²) in [5, 5.41) is 0. The molecule has 0 aromatic rings. The molecule has 0 heterocycles. The van der Waals surface area contributed by atoms with Crippen molar-refractivity contribution in [3.05, 3.63) is 0 Å². The monoisotopic (exact) mass is 258 g/mol. The molecule has 0 N–H and O–H groups in total. The molecule has 0 aliphatic rings. The first-order valence-corrected chi connectivity index (χ1v) is 8.02. The van der Waals surface area contributed by atoms with Crippen molar-refractivity contribution < 1.29 is 9.22 Å². The van der Waals surface area contributed by atoms with E-state index in [1.807, 2.05) is 0 Å². The minimum atomic E-state index is -0.198. The maximum Gasteiger partial charge on any atom is 0.298 e. The average molecular weight is 258 g/mol. The van der Waals surface area contributed by atoms with E-state index in [2.05, 4.69) is 27.7 Å². The maximum absolute atomic E-state index is 12.3. The van der Waals surface area contributed by atoms with E-state index in [0.717, 1.165) is 44.9 Å². The van der Waals surface area contributed by atoms with Crippen LogP contribution in [0.4, 0.5) is 0 Å². The van der Waals surface area contributed by atoms with Gasteiger partial charge in [0.25, 0.3) is 5.97 Å². The number of hydrogen-bond donors (Lipinski definition) is 0. The van der Waals surface area contributed by atoms with Gasteiger partial charge in [0.15, 0.2) is 0 Å². The standard InChI is InChI=1S/C14H30O2Si/c1-5-9-12(8-4)14(10-6-2,11-7-3)13(15)16-17/h12H,5-11H2,1-4,17H3. The van der Waals surface area contributed by atoms with E-state index in [1.54, 1.807) is 0 Å². The highest BCUT2D eigenvalue weighted by atomic mass is 28.2. The number of rotatable bonds is 9. The van der Waals surface area contributed by atoms with Crippen LogP contribution in [-0.4, -0.2) is 16.5 Å². The molecular weight excluding hydrogens is 228 g/mol. The summed E-state index contributed by atoms with van der Waals surface area (Å²) in [6.07, 6.45) is 7.49. The fourth-order valence-corrected chi connectivity index (χ4v) is 3.63. The summed E-state index contributed by atoms with van der Waals surface area (Å²) in [6.45, 7) is 8.75. The lowest BCUT2D eigenvalue weighted by molar-refractivity contribution is -0.151. The van der Waals surface area contributed by atoms with Crippen LogP contribution < -0.4 is 0 Å². The van der Waals surface area contributed by atoms with Crippen molar-refractivity contribution in [3.63, 3.8) is 0 Å². The lowest BCUT2D eigenvalue weighted by atomic mass is 9.66. The molecule has 102 valence electrons. The van der Waals surface area contributed by atoms with E-state index >= 15 is 0 Å². The van der Waals surface area contributed by atoms with Crippen LogP contribution in [0.25, 0.3) is 0 Å². The van der Waals surface area contributed by atoms with E-state index in [-0.39, 0.29) is 11.4 Å². The van der Waals surface area contributed by atoms with Gasteiger partial charge in [0.05, 0.1) is 5.41 Å². The fourth-order valence-electron chi connectivity index (χ4n) is 3.22. The molecule has 0 aromatic carbocycles. The summed E-state index contributed by atoms with van der Waals surface area (Å²) in [5.41, 5.74) is -0.198. The fraction of sp³-hybridized carbons (Fsp3) is 0.929. The second-order valence-corrected chi connectivity index (χ2v) is 5.45. The third-order valence-electron chi connectivity index (χ3n) is 3.90. The van der Waals surface area contributed by atoms with Gasteiger partial charge in [0, 0.05) is 0 Å². The van der Waals surface area contributed by atoms with Gasteiger partial charge < -0.3 is 4.43 Å². The molecule has 0 saturated carbocycles. The Morgan fingerprint density at radius 2 is 1.65 bits per heavy atom. The van der Waals surface area contributed by atoms with E-state index in [9.17, 15) is 4.79 Å². The average Bonchev–Trinajstić information content (AvgIpc) is 2.34. The van der Waals surface area contributed by atoms with Crippen molar-refractivity contribution >= 4 is 16.5 Å². The molecule has 0 aliphatic heterocycles. The van der Waals surface area contributed by atoms with E-state index < -0.39 is 0 Å². The van der Waals surface area contributed by atoms with Crippen molar-refractivity contribution in [1.82, 2.24) is 0 Å². The summed E-state index contributed by atoms with van der Waals surface area (Å²) in [7, 11) is 0.521. The first kappa shape index (κ1) is 16.7. The van der Waals surface area contributed by atoms with Crippen LogP contribution >= 0.6 is 0 Å².